The minimum Gasteiger partial charge on any atom is -0.497 e. The SMILES string of the molecule is COC(=O)C(CNc1cc(OC)ccc1OC)C(=O)OC. The predicted molar refractivity (Wildman–Crippen MR) is 75.6 cm³/mol. The van der Waals surface area contributed by atoms with Gasteiger partial charge in [0.1, 0.15) is 11.5 Å². The number of ether oxygens (including phenoxy) is 4. The highest BCUT2D eigenvalue weighted by Gasteiger charge is 2.28. The standard InChI is InChI=1S/C14H19NO6/c1-18-9-5-6-12(19-2)11(7-9)15-8-10(13(16)20-3)14(17)21-4/h5-7,10,15H,8H2,1-4H3. The molecule has 0 saturated carbocycles. The van der Waals surface area contributed by atoms with Crippen LogP contribution in [0.25, 0.3) is 0 Å². The van der Waals surface area contributed by atoms with Crippen LogP contribution in [0.1, 0.15) is 0 Å². The van der Waals surface area contributed by atoms with Gasteiger partial charge in [-0.05, 0) is 12.1 Å². The van der Waals surface area contributed by atoms with Crippen molar-refractivity contribution in [1.82, 2.24) is 0 Å². The Labute approximate surface area is 123 Å². The van der Waals surface area contributed by atoms with Crippen molar-refractivity contribution in [3.8, 4) is 11.5 Å². The van der Waals surface area contributed by atoms with Gasteiger partial charge in [0.15, 0.2) is 5.92 Å². The van der Waals surface area contributed by atoms with Crippen LogP contribution in [0.2, 0.25) is 0 Å². The Balaban J connectivity index is 2.88. The molecule has 0 amide bonds. The Bertz CT molecular complexity index is 486. The largest absolute Gasteiger partial charge is 0.497 e. The van der Waals surface area contributed by atoms with Crippen LogP contribution in [0.5, 0.6) is 11.5 Å². The first-order chi connectivity index (χ1) is 10.1. The van der Waals surface area contributed by atoms with E-state index in [2.05, 4.69) is 14.8 Å². The number of methoxy groups -OCH3 is 4. The van der Waals surface area contributed by atoms with E-state index < -0.39 is 17.9 Å². The number of anilines is 1. The van der Waals surface area contributed by atoms with E-state index in [1.54, 1.807) is 18.2 Å². The average Bonchev–Trinajstić information content (AvgIpc) is 2.53. The van der Waals surface area contributed by atoms with Gasteiger partial charge < -0.3 is 24.3 Å². The van der Waals surface area contributed by atoms with Crippen molar-refractivity contribution in [1.29, 1.82) is 0 Å². The molecule has 0 atom stereocenters. The molecule has 0 unspecified atom stereocenters. The third kappa shape index (κ3) is 4.27. The second kappa shape index (κ2) is 7.98. The molecule has 0 spiro atoms. The highest BCUT2D eigenvalue weighted by atomic mass is 16.5. The lowest BCUT2D eigenvalue weighted by Crippen LogP contribution is -2.32. The second-order valence-corrected chi connectivity index (χ2v) is 4.05. The first-order valence-corrected chi connectivity index (χ1v) is 6.18. The van der Waals surface area contributed by atoms with E-state index in [0.717, 1.165) is 0 Å². The lowest BCUT2D eigenvalue weighted by atomic mass is 10.1. The summed E-state index contributed by atoms with van der Waals surface area (Å²) in [5.41, 5.74) is 0.592. The summed E-state index contributed by atoms with van der Waals surface area (Å²) >= 11 is 0. The maximum absolute atomic E-state index is 11.6. The predicted octanol–water partition coefficient (Wildman–Crippen LogP) is 1.08. The highest BCUT2D eigenvalue weighted by molar-refractivity contribution is 5.95. The van der Waals surface area contributed by atoms with Gasteiger partial charge in [-0.15, -0.1) is 0 Å². The van der Waals surface area contributed by atoms with Crippen LogP contribution in [-0.2, 0) is 19.1 Å². The van der Waals surface area contributed by atoms with Crippen molar-refractivity contribution in [3.63, 3.8) is 0 Å². The molecule has 0 aliphatic rings. The van der Waals surface area contributed by atoms with Crippen LogP contribution in [0.4, 0.5) is 5.69 Å². The Morgan fingerprint density at radius 1 is 1.05 bits per heavy atom. The Morgan fingerprint density at radius 2 is 1.67 bits per heavy atom. The second-order valence-electron chi connectivity index (χ2n) is 4.05. The summed E-state index contributed by atoms with van der Waals surface area (Å²) in [5.74, 6) is -1.22. The summed E-state index contributed by atoms with van der Waals surface area (Å²) in [6.07, 6.45) is 0. The summed E-state index contributed by atoms with van der Waals surface area (Å²) < 4.78 is 19.5. The van der Waals surface area contributed by atoms with Crippen LogP contribution in [-0.4, -0.2) is 46.9 Å². The summed E-state index contributed by atoms with van der Waals surface area (Å²) in [4.78, 5) is 23.2. The van der Waals surface area contributed by atoms with E-state index in [1.165, 1.54) is 28.4 Å². The Kier molecular flexibility index (Phi) is 6.32. The van der Waals surface area contributed by atoms with Crippen molar-refractivity contribution >= 4 is 17.6 Å². The van der Waals surface area contributed by atoms with E-state index in [9.17, 15) is 9.59 Å². The van der Waals surface area contributed by atoms with Gasteiger partial charge in [0, 0.05) is 12.6 Å². The number of hydrogen-bond acceptors (Lipinski definition) is 7. The number of rotatable bonds is 7. The van der Waals surface area contributed by atoms with Crippen LogP contribution in [0.15, 0.2) is 18.2 Å². The fourth-order valence-electron chi connectivity index (χ4n) is 1.71. The molecule has 7 heteroatoms. The quantitative estimate of drug-likeness (QED) is 0.595. The molecule has 7 nitrogen and oxygen atoms in total. The number of hydrogen-bond donors (Lipinski definition) is 1. The van der Waals surface area contributed by atoms with Crippen molar-refractivity contribution < 1.29 is 28.5 Å². The van der Waals surface area contributed by atoms with E-state index in [-0.39, 0.29) is 6.54 Å². The molecule has 0 heterocycles. The Morgan fingerprint density at radius 3 is 2.14 bits per heavy atom. The number of esters is 2. The van der Waals surface area contributed by atoms with E-state index >= 15 is 0 Å². The van der Waals surface area contributed by atoms with Gasteiger partial charge in [0.05, 0.1) is 34.1 Å². The lowest BCUT2D eigenvalue weighted by molar-refractivity contribution is -0.157. The summed E-state index contributed by atoms with van der Waals surface area (Å²) in [6.45, 7) is 0.0167. The molecule has 0 aromatic heterocycles. The summed E-state index contributed by atoms with van der Waals surface area (Å²) in [7, 11) is 5.48. The molecule has 0 fully saturated rings. The summed E-state index contributed by atoms with van der Waals surface area (Å²) in [5, 5.41) is 2.96. The molecule has 0 radical (unpaired) electrons. The molecule has 1 aromatic rings. The van der Waals surface area contributed by atoms with Gasteiger partial charge in [-0.2, -0.15) is 0 Å². The maximum Gasteiger partial charge on any atom is 0.321 e. The van der Waals surface area contributed by atoms with Gasteiger partial charge in [0.25, 0.3) is 0 Å². The zero-order valence-corrected chi connectivity index (χ0v) is 12.5. The zero-order valence-electron chi connectivity index (χ0n) is 12.5. The molecule has 0 saturated heterocycles. The Hall–Kier alpha value is -2.44. The molecule has 1 aromatic carbocycles. The van der Waals surface area contributed by atoms with Gasteiger partial charge in [-0.3, -0.25) is 9.59 Å². The van der Waals surface area contributed by atoms with Gasteiger partial charge in [-0.25, -0.2) is 0 Å². The van der Waals surface area contributed by atoms with Crippen LogP contribution in [0.3, 0.4) is 0 Å². The molecule has 1 rings (SSSR count). The molecule has 1 N–H and O–H groups in total. The van der Waals surface area contributed by atoms with E-state index in [1.807, 2.05) is 0 Å². The first kappa shape index (κ1) is 16.6. The monoisotopic (exact) mass is 297 g/mol. The fourth-order valence-corrected chi connectivity index (χ4v) is 1.71. The van der Waals surface area contributed by atoms with Gasteiger partial charge in [-0.1, -0.05) is 0 Å². The number of carbonyl (C=O) groups excluding carboxylic acids is 2. The van der Waals surface area contributed by atoms with Gasteiger partial charge in [0.2, 0.25) is 0 Å². The fraction of sp³-hybridized carbons (Fsp3) is 0.429. The average molecular weight is 297 g/mol. The van der Waals surface area contributed by atoms with Gasteiger partial charge >= 0.3 is 11.9 Å². The van der Waals surface area contributed by atoms with E-state index in [4.69, 9.17) is 9.47 Å². The molecule has 0 aliphatic carbocycles. The summed E-state index contributed by atoms with van der Waals surface area (Å²) in [6, 6.07) is 5.15. The zero-order chi connectivity index (χ0) is 15.8. The molecule has 116 valence electrons. The molecule has 0 aliphatic heterocycles. The lowest BCUT2D eigenvalue weighted by Gasteiger charge is -2.16. The van der Waals surface area contributed by atoms with E-state index in [0.29, 0.717) is 17.2 Å². The molecule has 21 heavy (non-hydrogen) atoms. The molecular weight excluding hydrogens is 278 g/mol. The van der Waals surface area contributed by atoms with Crippen LogP contribution >= 0.6 is 0 Å². The third-order valence-electron chi connectivity index (χ3n) is 2.87. The normalized spacial score (nSPS) is 9.95. The number of nitrogens with one attached hydrogen (secondary N) is 1. The first-order valence-electron chi connectivity index (χ1n) is 6.18. The minimum atomic E-state index is -1.06. The number of benzene rings is 1. The van der Waals surface area contributed by atoms with Crippen LogP contribution in [0, 0.1) is 5.92 Å². The molecule has 0 bridgehead atoms. The highest BCUT2D eigenvalue weighted by Crippen LogP contribution is 2.29. The smallest absolute Gasteiger partial charge is 0.321 e. The number of carbonyl (C=O) groups is 2. The molecular formula is C14H19NO6. The van der Waals surface area contributed by atoms with Crippen molar-refractivity contribution in [2.45, 2.75) is 0 Å². The van der Waals surface area contributed by atoms with Crippen molar-refractivity contribution in [2.75, 3.05) is 40.3 Å². The maximum atomic E-state index is 11.6. The van der Waals surface area contributed by atoms with Crippen molar-refractivity contribution in [2.24, 2.45) is 5.92 Å². The van der Waals surface area contributed by atoms with Crippen LogP contribution < -0.4 is 14.8 Å². The third-order valence-corrected chi connectivity index (χ3v) is 2.87. The minimum absolute atomic E-state index is 0.0167. The van der Waals surface area contributed by atoms with Crippen molar-refractivity contribution in [3.05, 3.63) is 18.2 Å². The topological polar surface area (TPSA) is 83.1 Å².